The third-order valence-corrected chi connectivity index (χ3v) is 12.2. The summed E-state index contributed by atoms with van der Waals surface area (Å²) in [6.07, 6.45) is 49.2. The van der Waals surface area contributed by atoms with E-state index in [1.54, 1.807) is 0 Å². The van der Waals surface area contributed by atoms with Gasteiger partial charge in [-0.3, -0.25) is 13.8 Å². The Bertz CT molecular complexity index is 1000. The number of unbranched alkanes of at least 4 members (excludes halogenated alkanes) is 28. The average molecular weight is 842 g/mol. The third kappa shape index (κ3) is 43.1. The lowest BCUT2D eigenvalue weighted by molar-refractivity contribution is -0.870. The largest absolute Gasteiger partial charge is 0.472 e. The number of nitrogens with zero attached hydrogens (tertiary/aromatic N) is 1. The summed E-state index contributed by atoms with van der Waals surface area (Å²) in [6, 6.07) is -0.760. The highest BCUT2D eigenvalue weighted by molar-refractivity contribution is 7.47. The van der Waals surface area contributed by atoms with Crippen LogP contribution in [-0.4, -0.2) is 73.4 Å². The van der Waals surface area contributed by atoms with Crippen molar-refractivity contribution < 1.29 is 32.9 Å². The molecule has 0 bridgehead atoms. The molecule has 1 amide bonds. The number of phosphoric acid groups is 1. The zero-order valence-corrected chi connectivity index (χ0v) is 39.9. The van der Waals surface area contributed by atoms with Crippen LogP contribution in [-0.2, 0) is 18.4 Å². The zero-order valence-electron chi connectivity index (χ0n) is 39.0. The molecule has 9 heteroatoms. The van der Waals surface area contributed by atoms with E-state index in [2.05, 4.69) is 43.5 Å². The second-order valence-electron chi connectivity index (χ2n) is 18.2. The molecule has 0 saturated carbocycles. The summed E-state index contributed by atoms with van der Waals surface area (Å²) in [5, 5.41) is 14.0. The Hall–Kier alpha value is -1.02. The fourth-order valence-corrected chi connectivity index (χ4v) is 7.99. The second kappa shape index (κ2) is 41.3. The number of carbonyl (C=O) groups excluding carboxylic acids is 1. The highest BCUT2D eigenvalue weighted by Gasteiger charge is 2.28. The van der Waals surface area contributed by atoms with Crippen molar-refractivity contribution in [1.29, 1.82) is 0 Å². The van der Waals surface area contributed by atoms with E-state index in [9.17, 15) is 19.4 Å². The first-order chi connectivity index (χ1) is 28.0. The van der Waals surface area contributed by atoms with Crippen molar-refractivity contribution in [3.05, 3.63) is 24.3 Å². The van der Waals surface area contributed by atoms with E-state index in [1.807, 2.05) is 21.1 Å². The molecule has 0 aliphatic carbocycles. The van der Waals surface area contributed by atoms with Crippen molar-refractivity contribution in [1.82, 2.24) is 5.32 Å². The van der Waals surface area contributed by atoms with Crippen LogP contribution in [0, 0.1) is 0 Å². The van der Waals surface area contributed by atoms with Crippen LogP contribution in [0.2, 0.25) is 0 Å². The number of amides is 1. The molecule has 0 aliphatic rings. The highest BCUT2D eigenvalue weighted by Crippen LogP contribution is 2.43. The predicted molar refractivity (Wildman–Crippen MR) is 249 cm³/mol. The van der Waals surface area contributed by atoms with Gasteiger partial charge >= 0.3 is 7.82 Å². The molecular weight excluding hydrogens is 744 g/mol. The van der Waals surface area contributed by atoms with E-state index in [0.717, 1.165) is 44.9 Å². The van der Waals surface area contributed by atoms with Gasteiger partial charge in [0.25, 0.3) is 0 Å². The number of nitrogens with one attached hydrogen (secondary N) is 1. The van der Waals surface area contributed by atoms with Gasteiger partial charge in [0.1, 0.15) is 13.2 Å². The van der Waals surface area contributed by atoms with Crippen molar-refractivity contribution in [2.24, 2.45) is 0 Å². The maximum absolute atomic E-state index is 12.9. The minimum absolute atomic E-state index is 0.0746. The second-order valence-corrected chi connectivity index (χ2v) is 19.6. The van der Waals surface area contributed by atoms with Gasteiger partial charge in [-0.1, -0.05) is 205 Å². The van der Waals surface area contributed by atoms with Crippen molar-refractivity contribution in [3.8, 4) is 0 Å². The van der Waals surface area contributed by atoms with Crippen LogP contribution < -0.4 is 5.32 Å². The summed E-state index contributed by atoms with van der Waals surface area (Å²) in [4.78, 5) is 23.2. The molecule has 0 aromatic rings. The van der Waals surface area contributed by atoms with Crippen molar-refractivity contribution in [3.63, 3.8) is 0 Å². The first kappa shape index (κ1) is 57.0. The number of hydrogen-bond donors (Lipinski definition) is 3. The summed E-state index contributed by atoms with van der Waals surface area (Å²) in [6.45, 7) is 4.89. The van der Waals surface area contributed by atoms with E-state index in [1.165, 1.54) is 161 Å². The highest BCUT2D eigenvalue weighted by atomic mass is 31.2. The summed E-state index contributed by atoms with van der Waals surface area (Å²) < 4.78 is 23.7. The number of phosphoric ester groups is 1. The fourth-order valence-electron chi connectivity index (χ4n) is 7.25. The SMILES string of the molecule is CCCCCCC/C=C\C/C=C\CCCCCCCCCCCC(=O)NC(COP(=O)(O)OCC[N+](C)(C)C)C(O)CCCCCCCCCCCCCCCCC. The maximum Gasteiger partial charge on any atom is 0.472 e. The monoisotopic (exact) mass is 842 g/mol. The van der Waals surface area contributed by atoms with Gasteiger partial charge in [0.05, 0.1) is 39.9 Å². The molecule has 0 aliphatic heterocycles. The van der Waals surface area contributed by atoms with Gasteiger partial charge in [0, 0.05) is 6.42 Å². The van der Waals surface area contributed by atoms with Crippen molar-refractivity contribution in [2.45, 2.75) is 244 Å². The van der Waals surface area contributed by atoms with Gasteiger partial charge in [0.15, 0.2) is 0 Å². The van der Waals surface area contributed by atoms with Crippen LogP contribution in [0.25, 0.3) is 0 Å². The van der Waals surface area contributed by atoms with Gasteiger partial charge in [-0.25, -0.2) is 4.57 Å². The summed E-state index contributed by atoms with van der Waals surface area (Å²) in [7, 11) is 1.62. The number of rotatable bonds is 45. The lowest BCUT2D eigenvalue weighted by atomic mass is 10.0. The van der Waals surface area contributed by atoms with E-state index in [0.29, 0.717) is 23.9 Å². The smallest absolute Gasteiger partial charge is 0.391 e. The Labute approximate surface area is 360 Å². The van der Waals surface area contributed by atoms with E-state index < -0.39 is 20.0 Å². The molecule has 0 saturated heterocycles. The van der Waals surface area contributed by atoms with Gasteiger partial charge in [-0.2, -0.15) is 0 Å². The number of likely N-dealkylation sites (N-methyl/N-ethyl adjacent to an activating group) is 1. The maximum atomic E-state index is 12.9. The number of carbonyl (C=O) groups is 1. The van der Waals surface area contributed by atoms with Crippen LogP contribution in [0.5, 0.6) is 0 Å². The first-order valence-corrected chi connectivity index (χ1v) is 26.2. The lowest BCUT2D eigenvalue weighted by Gasteiger charge is -2.26. The molecule has 344 valence electrons. The predicted octanol–water partition coefficient (Wildman–Crippen LogP) is 14.1. The molecular formula is C49H98N2O6P+. The number of hydrogen-bond acceptors (Lipinski definition) is 5. The Morgan fingerprint density at radius 1 is 0.586 bits per heavy atom. The molecule has 0 heterocycles. The minimum atomic E-state index is -4.32. The standard InChI is InChI=1S/C49H97N2O6P/c1-6-8-10-12-14-16-18-20-22-23-24-25-26-27-29-31-33-35-37-39-41-43-49(53)50-47(46-57-58(54,55)56-45-44-51(3,4)5)48(52)42-40-38-36-34-32-30-28-21-19-17-15-13-11-9-7-2/h18,20,23-24,47-48,52H,6-17,19,21-22,25-46H2,1-5H3,(H-,50,53,54,55)/p+1/b20-18-,24-23-. The molecule has 0 fully saturated rings. The van der Waals surface area contributed by atoms with Crippen LogP contribution in [0.3, 0.4) is 0 Å². The zero-order chi connectivity index (χ0) is 42.8. The Kier molecular flexibility index (Phi) is 40.6. The average Bonchev–Trinajstić information content (AvgIpc) is 3.17. The number of aliphatic hydroxyl groups excluding tert-OH is 1. The molecule has 0 radical (unpaired) electrons. The molecule has 0 aromatic carbocycles. The van der Waals surface area contributed by atoms with Crippen molar-refractivity contribution >= 4 is 13.7 Å². The molecule has 3 N–H and O–H groups in total. The van der Waals surface area contributed by atoms with E-state index >= 15 is 0 Å². The topological polar surface area (TPSA) is 105 Å². The minimum Gasteiger partial charge on any atom is -0.391 e. The van der Waals surface area contributed by atoms with Crippen LogP contribution in [0.15, 0.2) is 24.3 Å². The summed E-state index contributed by atoms with van der Waals surface area (Å²) in [5.74, 6) is -0.147. The quantitative estimate of drug-likeness (QED) is 0.0244. The Morgan fingerprint density at radius 3 is 1.41 bits per heavy atom. The van der Waals surface area contributed by atoms with Crippen LogP contribution >= 0.6 is 7.82 Å². The summed E-state index contributed by atoms with van der Waals surface area (Å²) in [5.41, 5.74) is 0. The molecule has 3 atom stereocenters. The van der Waals surface area contributed by atoms with Gasteiger partial charge in [-0.15, -0.1) is 0 Å². The van der Waals surface area contributed by atoms with Gasteiger partial charge < -0.3 is 19.8 Å². The normalized spacial score (nSPS) is 14.4. The first-order valence-electron chi connectivity index (χ1n) is 24.7. The molecule has 58 heavy (non-hydrogen) atoms. The van der Waals surface area contributed by atoms with E-state index in [4.69, 9.17) is 9.05 Å². The van der Waals surface area contributed by atoms with Crippen LogP contribution in [0.1, 0.15) is 232 Å². The Morgan fingerprint density at radius 2 is 0.983 bits per heavy atom. The van der Waals surface area contributed by atoms with Gasteiger partial charge in [0.2, 0.25) is 5.91 Å². The molecule has 0 spiro atoms. The van der Waals surface area contributed by atoms with E-state index in [-0.39, 0.29) is 19.1 Å². The summed E-state index contributed by atoms with van der Waals surface area (Å²) >= 11 is 0. The van der Waals surface area contributed by atoms with Crippen LogP contribution in [0.4, 0.5) is 0 Å². The number of aliphatic hydroxyl groups is 1. The fraction of sp³-hybridized carbons (Fsp3) is 0.898. The molecule has 3 unspecified atom stereocenters. The van der Waals surface area contributed by atoms with Gasteiger partial charge in [-0.05, 0) is 44.9 Å². The molecule has 0 aromatic heterocycles. The lowest BCUT2D eigenvalue weighted by Crippen LogP contribution is -2.46. The third-order valence-electron chi connectivity index (χ3n) is 11.2. The number of allylic oxidation sites excluding steroid dienone is 4. The number of quaternary nitrogens is 1. The molecule has 8 nitrogen and oxygen atoms in total. The molecule has 0 rings (SSSR count). The van der Waals surface area contributed by atoms with Crippen molar-refractivity contribution in [2.75, 3.05) is 40.9 Å². The Balaban J connectivity index is 4.27.